The minimum Gasteiger partial charge on any atom is -0.497 e. The zero-order valence-corrected chi connectivity index (χ0v) is 15.3. The minimum atomic E-state index is -4.50. The maximum Gasteiger partial charge on any atom is 0.479 e. The molecule has 0 fully saturated rings. The number of hydrogen-bond donors (Lipinski definition) is 0. The number of hydrogen-bond acceptors (Lipinski definition) is 4. The lowest BCUT2D eigenvalue weighted by Gasteiger charge is -2.15. The van der Waals surface area contributed by atoms with E-state index in [-0.39, 0.29) is 5.75 Å². The van der Waals surface area contributed by atoms with Crippen LogP contribution < -0.4 is 13.7 Å². The van der Waals surface area contributed by atoms with Crippen molar-refractivity contribution in [3.8, 4) is 28.4 Å². The molecule has 1 aliphatic carbocycles. The first-order chi connectivity index (χ1) is 12.9. The van der Waals surface area contributed by atoms with Gasteiger partial charge in [-0.2, -0.15) is 13.2 Å². The summed E-state index contributed by atoms with van der Waals surface area (Å²) in [6, 6.07) is 13.0. The fraction of sp³-hybridized carbons (Fsp3) is 0.200. The normalized spacial score (nSPS) is 12.6. The summed E-state index contributed by atoms with van der Waals surface area (Å²) in [5, 5.41) is 1.38. The average Bonchev–Trinajstić information content (AvgIpc) is 3.01. The number of ether oxygens (including phenoxy) is 2. The Balaban J connectivity index is 1.91. The molecule has 0 amide bonds. The third-order valence-corrected chi connectivity index (χ3v) is 5.03. The van der Waals surface area contributed by atoms with Gasteiger partial charge in [0.1, 0.15) is 17.2 Å². The lowest BCUT2D eigenvalue weighted by Crippen LogP contribution is -2.04. The van der Waals surface area contributed by atoms with E-state index in [1.165, 1.54) is 7.11 Å². The van der Waals surface area contributed by atoms with Crippen molar-refractivity contribution in [2.24, 2.45) is 0 Å². The summed E-state index contributed by atoms with van der Waals surface area (Å²) in [7, 11) is 3.10. The monoisotopic (exact) mass is 392 g/mol. The number of benzene rings is 3. The second-order valence-corrected chi connectivity index (χ2v) is 6.93. The molecule has 0 saturated carbocycles. The van der Waals surface area contributed by atoms with E-state index in [0.29, 0.717) is 23.3 Å². The number of methoxy groups -OCH3 is 2. The number of fused-ring (bicyclic) bond motifs is 4. The van der Waals surface area contributed by atoms with Crippen molar-refractivity contribution in [2.45, 2.75) is 11.9 Å². The molecule has 0 N–H and O–H groups in total. The van der Waals surface area contributed by atoms with Crippen LogP contribution in [-0.2, 0) is 6.42 Å². The summed E-state index contributed by atoms with van der Waals surface area (Å²) in [5.74, 6) is 1.49. The third kappa shape index (κ3) is 3.27. The van der Waals surface area contributed by atoms with Gasteiger partial charge in [0.2, 0.25) is 0 Å². The van der Waals surface area contributed by atoms with Crippen LogP contribution in [0.25, 0.3) is 21.9 Å². The van der Waals surface area contributed by atoms with Crippen LogP contribution in [0.3, 0.4) is 0 Å². The Kier molecular flexibility index (Phi) is 4.34. The van der Waals surface area contributed by atoms with Gasteiger partial charge in [-0.15, -0.1) is 0 Å². The molecule has 3 aromatic rings. The Morgan fingerprint density at radius 1 is 0.889 bits per heavy atom. The molecule has 1 aliphatic rings. The van der Waals surface area contributed by atoms with Crippen molar-refractivity contribution in [2.75, 3.05) is 14.2 Å². The largest absolute Gasteiger partial charge is 0.497 e. The van der Waals surface area contributed by atoms with Crippen LogP contribution in [0.2, 0.25) is 0 Å². The van der Waals surface area contributed by atoms with Gasteiger partial charge >= 0.3 is 5.51 Å². The molecule has 140 valence electrons. The van der Waals surface area contributed by atoms with Gasteiger partial charge in [0, 0.05) is 17.4 Å². The lowest BCUT2D eigenvalue weighted by atomic mass is 9.99. The highest BCUT2D eigenvalue weighted by Crippen LogP contribution is 2.48. The van der Waals surface area contributed by atoms with Crippen molar-refractivity contribution in [1.29, 1.82) is 0 Å². The molecule has 0 unspecified atom stereocenters. The molecule has 4 rings (SSSR count). The fourth-order valence-corrected chi connectivity index (χ4v) is 3.78. The van der Waals surface area contributed by atoms with E-state index in [4.69, 9.17) is 13.7 Å². The van der Waals surface area contributed by atoms with Crippen molar-refractivity contribution >= 4 is 22.8 Å². The van der Waals surface area contributed by atoms with Crippen LogP contribution in [0.15, 0.2) is 42.5 Å². The van der Waals surface area contributed by atoms with Gasteiger partial charge in [0.25, 0.3) is 0 Å². The lowest BCUT2D eigenvalue weighted by molar-refractivity contribution is -0.0369. The third-order valence-electron chi connectivity index (χ3n) is 4.59. The van der Waals surface area contributed by atoms with E-state index in [2.05, 4.69) is 0 Å². The predicted molar refractivity (Wildman–Crippen MR) is 99.6 cm³/mol. The Hall–Kier alpha value is -2.54. The topological polar surface area (TPSA) is 27.7 Å². The van der Waals surface area contributed by atoms with Gasteiger partial charge in [0.15, 0.2) is 12.0 Å². The SMILES string of the molecule is COc1ccc2c(c1)Cc1c-2cc2ccc(OC)cc2c1OSC(F)(F)F. The first-order valence-electron chi connectivity index (χ1n) is 8.13. The second-order valence-electron chi connectivity index (χ2n) is 6.13. The fourth-order valence-electron chi connectivity index (χ4n) is 3.41. The minimum absolute atomic E-state index is 0.221. The molecule has 7 heteroatoms. The van der Waals surface area contributed by atoms with Crippen LogP contribution in [0.1, 0.15) is 11.1 Å². The van der Waals surface area contributed by atoms with Crippen molar-refractivity contribution < 1.29 is 26.8 Å². The molecule has 3 aromatic carbocycles. The number of halogens is 3. The molecule has 3 nitrogen and oxygen atoms in total. The van der Waals surface area contributed by atoms with Crippen LogP contribution in [0, 0.1) is 0 Å². The molecule has 0 radical (unpaired) electrons. The van der Waals surface area contributed by atoms with Crippen molar-refractivity contribution in [3.63, 3.8) is 0 Å². The van der Waals surface area contributed by atoms with Gasteiger partial charge in [-0.05, 0) is 52.4 Å². The molecule has 0 atom stereocenters. The molecule has 0 heterocycles. The predicted octanol–water partition coefficient (Wildman–Crippen LogP) is 5.98. The summed E-state index contributed by atoms with van der Waals surface area (Å²) in [6.07, 6.45) is 0.475. The molecule has 0 bridgehead atoms. The van der Waals surface area contributed by atoms with Crippen molar-refractivity contribution in [3.05, 3.63) is 53.6 Å². The molecule has 27 heavy (non-hydrogen) atoms. The van der Waals surface area contributed by atoms with E-state index in [9.17, 15) is 13.2 Å². The zero-order chi connectivity index (χ0) is 19.2. The number of alkyl halides is 3. The zero-order valence-electron chi connectivity index (χ0n) is 14.5. The molecule has 0 spiro atoms. The van der Waals surface area contributed by atoms with Crippen LogP contribution >= 0.6 is 12.0 Å². The Labute approximate surface area is 158 Å². The van der Waals surface area contributed by atoms with Gasteiger partial charge in [-0.1, -0.05) is 12.1 Å². The van der Waals surface area contributed by atoms with E-state index in [0.717, 1.165) is 27.6 Å². The Morgan fingerprint density at radius 3 is 2.30 bits per heavy atom. The summed E-state index contributed by atoms with van der Waals surface area (Å²) in [6.45, 7) is 0. The van der Waals surface area contributed by atoms with E-state index >= 15 is 0 Å². The second kappa shape index (κ2) is 6.56. The molecular weight excluding hydrogens is 377 g/mol. The smallest absolute Gasteiger partial charge is 0.479 e. The quantitative estimate of drug-likeness (QED) is 0.400. The highest BCUT2D eigenvalue weighted by molar-refractivity contribution is 7.95. The summed E-state index contributed by atoms with van der Waals surface area (Å²) >= 11 is -0.498. The summed E-state index contributed by atoms with van der Waals surface area (Å²) in [4.78, 5) is 0. The Bertz CT molecular complexity index is 1030. The van der Waals surface area contributed by atoms with Crippen molar-refractivity contribution in [1.82, 2.24) is 0 Å². The highest BCUT2D eigenvalue weighted by Gasteiger charge is 2.33. The maximum absolute atomic E-state index is 12.8. The molecule has 0 aromatic heterocycles. The summed E-state index contributed by atoms with van der Waals surface area (Å²) in [5.41, 5.74) is -0.916. The molecule has 0 aliphatic heterocycles. The Morgan fingerprint density at radius 2 is 1.59 bits per heavy atom. The average molecular weight is 392 g/mol. The van der Waals surface area contributed by atoms with Gasteiger partial charge in [-0.25, -0.2) is 0 Å². The van der Waals surface area contributed by atoms with Crippen LogP contribution in [0.4, 0.5) is 13.2 Å². The van der Waals surface area contributed by atoms with E-state index in [1.54, 1.807) is 19.2 Å². The maximum atomic E-state index is 12.8. The molecular formula is C20H15F3O3S. The van der Waals surface area contributed by atoms with Gasteiger partial charge in [-0.3, -0.25) is 0 Å². The van der Waals surface area contributed by atoms with Crippen LogP contribution in [0.5, 0.6) is 17.2 Å². The first kappa shape index (κ1) is 17.9. The van der Waals surface area contributed by atoms with Gasteiger partial charge in [0.05, 0.1) is 14.2 Å². The number of rotatable bonds is 4. The van der Waals surface area contributed by atoms with E-state index in [1.807, 2.05) is 30.3 Å². The molecule has 0 saturated heterocycles. The van der Waals surface area contributed by atoms with Crippen LogP contribution in [-0.4, -0.2) is 19.7 Å². The first-order valence-corrected chi connectivity index (χ1v) is 8.87. The summed E-state index contributed by atoms with van der Waals surface area (Å²) < 4.78 is 54.1. The van der Waals surface area contributed by atoms with E-state index < -0.39 is 17.6 Å². The van der Waals surface area contributed by atoms with Gasteiger partial charge < -0.3 is 13.7 Å². The standard InChI is InChI=1S/C20H15F3O3S/c1-24-13-5-6-15-12(7-13)9-18-17(15)8-11-3-4-14(25-2)10-16(11)19(18)26-27-20(21,22)23/h3-8,10H,9H2,1-2H3. The highest BCUT2D eigenvalue weighted by atomic mass is 32.2.